The summed E-state index contributed by atoms with van der Waals surface area (Å²) in [7, 11) is 0. The van der Waals surface area contributed by atoms with Gasteiger partial charge in [-0.15, -0.1) is 0 Å². The molecule has 0 atom stereocenters. The molecule has 0 N–H and O–H groups in total. The van der Waals surface area contributed by atoms with Crippen LogP contribution in [0.5, 0.6) is 5.88 Å². The van der Waals surface area contributed by atoms with Crippen LogP contribution in [0.3, 0.4) is 0 Å². The Labute approximate surface area is 119 Å². The second-order valence-corrected chi connectivity index (χ2v) is 5.01. The third-order valence-corrected chi connectivity index (χ3v) is 3.25. The first-order valence-electron chi connectivity index (χ1n) is 7.27. The predicted octanol–water partition coefficient (Wildman–Crippen LogP) is 4.32. The normalized spacial score (nSPS) is 18.1. The first-order valence-corrected chi connectivity index (χ1v) is 7.27. The van der Waals surface area contributed by atoms with Gasteiger partial charge in [0, 0.05) is 24.6 Å². The molecule has 1 aliphatic rings. The number of ether oxygens (including phenoxy) is 1. The van der Waals surface area contributed by atoms with Crippen LogP contribution in [0.2, 0.25) is 0 Å². The van der Waals surface area contributed by atoms with Gasteiger partial charge in [-0.25, -0.2) is 13.8 Å². The maximum atomic E-state index is 13.0. The van der Waals surface area contributed by atoms with E-state index in [1.807, 2.05) is 20.8 Å². The minimum atomic E-state index is -2.47. The van der Waals surface area contributed by atoms with Gasteiger partial charge in [0.1, 0.15) is 5.82 Å². The minimum Gasteiger partial charge on any atom is -0.477 e. The fourth-order valence-electron chi connectivity index (χ4n) is 2.23. The van der Waals surface area contributed by atoms with E-state index in [1.165, 1.54) is 0 Å². The molecule has 1 saturated carbocycles. The summed E-state index contributed by atoms with van der Waals surface area (Å²) < 4.78 is 31.6. The molecule has 2 rings (SSSR count). The number of halogens is 2. The van der Waals surface area contributed by atoms with E-state index in [0.717, 1.165) is 5.69 Å². The lowest BCUT2D eigenvalue weighted by molar-refractivity contribution is -0.0500. The summed E-state index contributed by atoms with van der Waals surface area (Å²) in [6.07, 6.45) is 0.998. The molecule has 1 heterocycles. The highest BCUT2D eigenvalue weighted by Gasteiger charge is 2.35. The van der Waals surface area contributed by atoms with Crippen molar-refractivity contribution < 1.29 is 13.5 Å². The number of hydrogen-bond acceptors (Lipinski definition) is 3. The van der Waals surface area contributed by atoms with Crippen molar-refractivity contribution in [3.8, 4) is 5.88 Å². The van der Waals surface area contributed by atoms with Crippen LogP contribution in [0.4, 0.5) is 8.78 Å². The van der Waals surface area contributed by atoms with E-state index in [4.69, 9.17) is 4.74 Å². The van der Waals surface area contributed by atoms with Gasteiger partial charge in [-0.1, -0.05) is 13.8 Å². The lowest BCUT2D eigenvalue weighted by atomic mass is 9.87. The standard InChI is InChI=1S/C13H18F2N2O.C2H6/c1-9-7-12(17-10(2)16-9)18-8-11-3-5-13(14,15)6-4-11;1-2/h7,11H,3-6,8H2,1-2H3;1-2H3. The predicted molar refractivity (Wildman–Crippen MR) is 75.3 cm³/mol. The maximum absolute atomic E-state index is 13.0. The Morgan fingerprint density at radius 2 is 1.80 bits per heavy atom. The molecule has 20 heavy (non-hydrogen) atoms. The van der Waals surface area contributed by atoms with Crippen LogP contribution in [0.1, 0.15) is 51.0 Å². The maximum Gasteiger partial charge on any atom is 0.248 e. The molecule has 0 unspecified atom stereocenters. The number of alkyl halides is 2. The molecule has 0 aromatic carbocycles. The third-order valence-electron chi connectivity index (χ3n) is 3.25. The van der Waals surface area contributed by atoms with Crippen molar-refractivity contribution in [2.24, 2.45) is 5.92 Å². The van der Waals surface area contributed by atoms with Crippen LogP contribution in [0.25, 0.3) is 0 Å². The molecule has 114 valence electrons. The summed E-state index contributed by atoms with van der Waals surface area (Å²) in [5.74, 6) is -1.06. The Morgan fingerprint density at radius 3 is 2.35 bits per heavy atom. The quantitative estimate of drug-likeness (QED) is 0.829. The summed E-state index contributed by atoms with van der Waals surface area (Å²) in [4.78, 5) is 8.32. The molecule has 0 saturated heterocycles. The third kappa shape index (κ3) is 5.39. The largest absolute Gasteiger partial charge is 0.477 e. The van der Waals surface area contributed by atoms with E-state index in [1.54, 1.807) is 13.0 Å². The van der Waals surface area contributed by atoms with Gasteiger partial charge < -0.3 is 4.74 Å². The SMILES string of the molecule is CC.Cc1cc(OCC2CCC(F)(F)CC2)nc(C)n1. The van der Waals surface area contributed by atoms with E-state index >= 15 is 0 Å². The molecule has 0 aliphatic heterocycles. The lowest BCUT2D eigenvalue weighted by Gasteiger charge is -2.27. The summed E-state index contributed by atoms with van der Waals surface area (Å²) in [6.45, 7) is 8.15. The Bertz CT molecular complexity index is 394. The van der Waals surface area contributed by atoms with E-state index in [0.29, 0.717) is 31.2 Å². The highest BCUT2D eigenvalue weighted by molar-refractivity contribution is 5.14. The van der Waals surface area contributed by atoms with Crippen LogP contribution in [-0.2, 0) is 0 Å². The van der Waals surface area contributed by atoms with Crippen molar-refractivity contribution in [3.05, 3.63) is 17.6 Å². The number of hydrogen-bond donors (Lipinski definition) is 0. The zero-order chi connectivity index (χ0) is 15.2. The summed E-state index contributed by atoms with van der Waals surface area (Å²) in [5.41, 5.74) is 0.854. The van der Waals surface area contributed by atoms with E-state index in [9.17, 15) is 8.78 Å². The number of nitrogens with zero attached hydrogens (tertiary/aromatic N) is 2. The molecule has 1 fully saturated rings. The topological polar surface area (TPSA) is 35.0 Å². The Balaban J connectivity index is 0.000000956. The molecule has 0 spiro atoms. The zero-order valence-corrected chi connectivity index (χ0v) is 12.7. The van der Waals surface area contributed by atoms with Crippen LogP contribution in [-0.4, -0.2) is 22.5 Å². The second kappa shape index (κ2) is 7.50. The van der Waals surface area contributed by atoms with Crippen molar-refractivity contribution in [3.63, 3.8) is 0 Å². The van der Waals surface area contributed by atoms with Gasteiger partial charge in [-0.05, 0) is 32.6 Å². The molecular formula is C15H24F2N2O. The van der Waals surface area contributed by atoms with E-state index in [2.05, 4.69) is 9.97 Å². The lowest BCUT2D eigenvalue weighted by Crippen LogP contribution is -2.27. The highest BCUT2D eigenvalue weighted by Crippen LogP contribution is 2.36. The molecule has 0 amide bonds. The van der Waals surface area contributed by atoms with E-state index in [-0.39, 0.29) is 18.8 Å². The van der Waals surface area contributed by atoms with Crippen LogP contribution < -0.4 is 4.74 Å². The first-order chi connectivity index (χ1) is 9.44. The van der Waals surface area contributed by atoms with Crippen LogP contribution in [0.15, 0.2) is 6.07 Å². The summed E-state index contributed by atoms with van der Waals surface area (Å²) in [5, 5.41) is 0. The Kier molecular flexibility index (Phi) is 6.30. The van der Waals surface area contributed by atoms with Crippen molar-refractivity contribution in [2.45, 2.75) is 59.3 Å². The monoisotopic (exact) mass is 286 g/mol. The van der Waals surface area contributed by atoms with Crippen molar-refractivity contribution >= 4 is 0 Å². The van der Waals surface area contributed by atoms with Gasteiger partial charge in [-0.2, -0.15) is 4.98 Å². The van der Waals surface area contributed by atoms with Crippen molar-refractivity contribution in [1.82, 2.24) is 9.97 Å². The molecular weight excluding hydrogens is 262 g/mol. The van der Waals surface area contributed by atoms with Gasteiger partial charge in [0.25, 0.3) is 0 Å². The smallest absolute Gasteiger partial charge is 0.248 e. The fourth-order valence-corrected chi connectivity index (χ4v) is 2.23. The number of rotatable bonds is 3. The highest BCUT2D eigenvalue weighted by atomic mass is 19.3. The van der Waals surface area contributed by atoms with Gasteiger partial charge in [0.05, 0.1) is 6.61 Å². The molecule has 0 radical (unpaired) electrons. The average molecular weight is 286 g/mol. The molecule has 1 aromatic rings. The Morgan fingerprint density at radius 1 is 1.20 bits per heavy atom. The Hall–Kier alpha value is -1.26. The van der Waals surface area contributed by atoms with Gasteiger partial charge in [0.15, 0.2) is 0 Å². The van der Waals surface area contributed by atoms with Gasteiger partial charge >= 0.3 is 0 Å². The number of aromatic nitrogens is 2. The zero-order valence-electron chi connectivity index (χ0n) is 12.7. The molecule has 3 nitrogen and oxygen atoms in total. The summed E-state index contributed by atoms with van der Waals surface area (Å²) >= 11 is 0. The first kappa shape index (κ1) is 16.8. The van der Waals surface area contributed by atoms with E-state index < -0.39 is 5.92 Å². The van der Waals surface area contributed by atoms with Crippen molar-refractivity contribution in [1.29, 1.82) is 0 Å². The van der Waals surface area contributed by atoms with Crippen molar-refractivity contribution in [2.75, 3.05) is 6.61 Å². The van der Waals surface area contributed by atoms with Gasteiger partial charge in [0.2, 0.25) is 11.8 Å². The average Bonchev–Trinajstić information content (AvgIpc) is 2.39. The fraction of sp³-hybridized carbons (Fsp3) is 0.733. The van der Waals surface area contributed by atoms with Gasteiger partial charge in [-0.3, -0.25) is 0 Å². The molecule has 1 aliphatic carbocycles. The minimum absolute atomic E-state index is 0.0249. The van der Waals surface area contributed by atoms with Crippen LogP contribution in [0, 0.1) is 19.8 Å². The molecule has 5 heteroatoms. The number of aryl methyl sites for hydroxylation is 2. The summed E-state index contributed by atoms with van der Waals surface area (Å²) in [6, 6.07) is 1.77. The second-order valence-electron chi connectivity index (χ2n) is 5.01. The van der Waals surface area contributed by atoms with Crippen LogP contribution >= 0.6 is 0 Å². The molecule has 1 aromatic heterocycles. The molecule has 0 bridgehead atoms.